The van der Waals surface area contributed by atoms with Crippen LogP contribution in [-0.4, -0.2) is 38.4 Å². The minimum absolute atomic E-state index is 0.0359. The van der Waals surface area contributed by atoms with Crippen LogP contribution in [0.2, 0.25) is 0 Å². The molecule has 2 rings (SSSR count). The SMILES string of the molecule is Cc1cccc(NC(=O)CC2CS(=O)(=O)CCN2)c1. The van der Waals surface area contributed by atoms with E-state index in [9.17, 15) is 13.2 Å². The van der Waals surface area contributed by atoms with Crippen LogP contribution in [0.5, 0.6) is 0 Å². The molecule has 1 aliphatic heterocycles. The Hall–Kier alpha value is -1.40. The molecule has 1 fully saturated rings. The van der Waals surface area contributed by atoms with E-state index < -0.39 is 9.84 Å². The van der Waals surface area contributed by atoms with Gasteiger partial charge in [-0.1, -0.05) is 12.1 Å². The number of benzene rings is 1. The summed E-state index contributed by atoms with van der Waals surface area (Å²) in [5.41, 5.74) is 1.81. The van der Waals surface area contributed by atoms with Crippen molar-refractivity contribution < 1.29 is 13.2 Å². The number of hydrogen-bond donors (Lipinski definition) is 2. The number of rotatable bonds is 3. The van der Waals surface area contributed by atoms with Crippen LogP contribution in [0.15, 0.2) is 24.3 Å². The molecule has 0 saturated carbocycles. The van der Waals surface area contributed by atoms with Crippen LogP contribution >= 0.6 is 0 Å². The van der Waals surface area contributed by atoms with Gasteiger partial charge in [0, 0.05) is 24.7 Å². The predicted molar refractivity (Wildman–Crippen MR) is 74.9 cm³/mol. The summed E-state index contributed by atoms with van der Waals surface area (Å²) in [5, 5.41) is 5.85. The maximum atomic E-state index is 11.9. The van der Waals surface area contributed by atoms with Crippen LogP contribution in [0.3, 0.4) is 0 Å². The molecule has 6 heteroatoms. The van der Waals surface area contributed by atoms with Gasteiger partial charge in [-0.3, -0.25) is 4.79 Å². The Bertz CT molecular complexity index is 569. The normalized spacial score (nSPS) is 21.8. The van der Waals surface area contributed by atoms with Crippen molar-refractivity contribution >= 4 is 21.4 Å². The molecule has 0 aliphatic carbocycles. The number of anilines is 1. The van der Waals surface area contributed by atoms with Gasteiger partial charge in [0.1, 0.15) is 0 Å². The van der Waals surface area contributed by atoms with Crippen LogP contribution in [0.4, 0.5) is 5.69 Å². The van der Waals surface area contributed by atoms with E-state index in [1.807, 2.05) is 31.2 Å². The van der Waals surface area contributed by atoms with E-state index in [4.69, 9.17) is 0 Å². The second-order valence-electron chi connectivity index (χ2n) is 4.89. The zero-order valence-corrected chi connectivity index (χ0v) is 11.7. The first-order valence-electron chi connectivity index (χ1n) is 6.25. The van der Waals surface area contributed by atoms with E-state index >= 15 is 0 Å². The molecule has 1 saturated heterocycles. The number of amides is 1. The zero-order valence-electron chi connectivity index (χ0n) is 10.8. The molecule has 0 bridgehead atoms. The van der Waals surface area contributed by atoms with Crippen molar-refractivity contribution in [1.82, 2.24) is 5.32 Å². The van der Waals surface area contributed by atoms with Crippen molar-refractivity contribution in [2.24, 2.45) is 0 Å². The summed E-state index contributed by atoms with van der Waals surface area (Å²) in [7, 11) is -3.00. The summed E-state index contributed by atoms with van der Waals surface area (Å²) in [5.74, 6) is 0.0252. The highest BCUT2D eigenvalue weighted by Crippen LogP contribution is 2.11. The highest BCUT2D eigenvalue weighted by molar-refractivity contribution is 7.91. The van der Waals surface area contributed by atoms with E-state index in [1.54, 1.807) is 0 Å². The molecule has 0 aromatic heterocycles. The molecular weight excluding hydrogens is 264 g/mol. The average Bonchev–Trinajstić information content (AvgIpc) is 2.27. The van der Waals surface area contributed by atoms with Crippen molar-refractivity contribution in [2.45, 2.75) is 19.4 Å². The lowest BCUT2D eigenvalue weighted by atomic mass is 10.2. The van der Waals surface area contributed by atoms with Gasteiger partial charge < -0.3 is 10.6 Å². The molecule has 0 radical (unpaired) electrons. The van der Waals surface area contributed by atoms with E-state index in [0.29, 0.717) is 6.54 Å². The van der Waals surface area contributed by atoms with Gasteiger partial charge in [-0.25, -0.2) is 8.42 Å². The lowest BCUT2D eigenvalue weighted by Crippen LogP contribution is -2.46. The second-order valence-corrected chi connectivity index (χ2v) is 7.12. The van der Waals surface area contributed by atoms with E-state index in [0.717, 1.165) is 11.3 Å². The molecule has 104 valence electrons. The van der Waals surface area contributed by atoms with Crippen molar-refractivity contribution in [3.8, 4) is 0 Å². The Morgan fingerprint density at radius 3 is 2.95 bits per heavy atom. The molecule has 1 amide bonds. The fourth-order valence-electron chi connectivity index (χ4n) is 2.16. The topological polar surface area (TPSA) is 75.3 Å². The molecule has 0 spiro atoms. The predicted octanol–water partition coefficient (Wildman–Crippen LogP) is 0.710. The van der Waals surface area contributed by atoms with Crippen LogP contribution in [0, 0.1) is 6.92 Å². The van der Waals surface area contributed by atoms with Gasteiger partial charge in [-0.2, -0.15) is 0 Å². The number of aryl methyl sites for hydroxylation is 1. The summed E-state index contributed by atoms with van der Waals surface area (Å²) in [6.45, 7) is 2.37. The summed E-state index contributed by atoms with van der Waals surface area (Å²) in [6, 6.07) is 7.22. The Morgan fingerprint density at radius 2 is 2.26 bits per heavy atom. The maximum Gasteiger partial charge on any atom is 0.225 e. The van der Waals surface area contributed by atoms with E-state index in [2.05, 4.69) is 10.6 Å². The van der Waals surface area contributed by atoms with Gasteiger partial charge >= 0.3 is 0 Å². The van der Waals surface area contributed by atoms with Gasteiger partial charge in [-0.05, 0) is 24.6 Å². The second kappa shape index (κ2) is 5.71. The smallest absolute Gasteiger partial charge is 0.225 e. The van der Waals surface area contributed by atoms with E-state index in [1.165, 1.54) is 0 Å². The minimum Gasteiger partial charge on any atom is -0.326 e. The molecule has 1 unspecified atom stereocenters. The number of hydrogen-bond acceptors (Lipinski definition) is 4. The standard InChI is InChI=1S/C13H18N2O3S/c1-10-3-2-4-11(7-10)15-13(16)8-12-9-19(17,18)6-5-14-12/h2-4,7,12,14H,5-6,8-9H2,1H3,(H,15,16). The van der Waals surface area contributed by atoms with Crippen LogP contribution in [-0.2, 0) is 14.6 Å². The quantitative estimate of drug-likeness (QED) is 0.856. The third-order valence-electron chi connectivity index (χ3n) is 3.03. The molecule has 1 aliphatic rings. The van der Waals surface area contributed by atoms with E-state index in [-0.39, 0.29) is 29.9 Å². The first-order valence-corrected chi connectivity index (χ1v) is 8.07. The van der Waals surface area contributed by atoms with Gasteiger partial charge in [0.15, 0.2) is 9.84 Å². The van der Waals surface area contributed by atoms with Crippen LogP contribution in [0.25, 0.3) is 0 Å². The van der Waals surface area contributed by atoms with Crippen molar-refractivity contribution in [1.29, 1.82) is 0 Å². The summed E-state index contributed by atoms with van der Waals surface area (Å²) >= 11 is 0. The third kappa shape index (κ3) is 4.33. The molecule has 1 atom stereocenters. The average molecular weight is 282 g/mol. The van der Waals surface area contributed by atoms with Crippen molar-refractivity contribution in [3.63, 3.8) is 0 Å². The highest BCUT2D eigenvalue weighted by Gasteiger charge is 2.25. The Morgan fingerprint density at radius 1 is 1.47 bits per heavy atom. The van der Waals surface area contributed by atoms with Gasteiger partial charge in [0.2, 0.25) is 5.91 Å². The number of sulfone groups is 1. The first kappa shape index (κ1) is 14.0. The fourth-order valence-corrected chi connectivity index (χ4v) is 3.60. The molecule has 19 heavy (non-hydrogen) atoms. The number of carbonyl (C=O) groups is 1. The van der Waals surface area contributed by atoms with Crippen molar-refractivity contribution in [3.05, 3.63) is 29.8 Å². The lowest BCUT2D eigenvalue weighted by Gasteiger charge is -2.23. The highest BCUT2D eigenvalue weighted by atomic mass is 32.2. The molecule has 2 N–H and O–H groups in total. The Balaban J connectivity index is 1.91. The van der Waals surface area contributed by atoms with Crippen LogP contribution in [0.1, 0.15) is 12.0 Å². The summed E-state index contributed by atoms with van der Waals surface area (Å²) < 4.78 is 22.9. The monoisotopic (exact) mass is 282 g/mol. The fraction of sp³-hybridized carbons (Fsp3) is 0.462. The minimum atomic E-state index is -3.00. The molecule has 5 nitrogen and oxygen atoms in total. The summed E-state index contributed by atoms with van der Waals surface area (Å²) in [4.78, 5) is 11.9. The Labute approximate surface area is 113 Å². The summed E-state index contributed by atoms with van der Waals surface area (Å²) in [6.07, 6.45) is 0.174. The van der Waals surface area contributed by atoms with Gasteiger partial charge in [0.05, 0.1) is 11.5 Å². The maximum absolute atomic E-state index is 11.9. The van der Waals surface area contributed by atoms with Gasteiger partial charge in [0.25, 0.3) is 0 Å². The molecule has 1 heterocycles. The number of nitrogens with one attached hydrogen (secondary N) is 2. The largest absolute Gasteiger partial charge is 0.326 e. The molecule has 1 aromatic rings. The lowest BCUT2D eigenvalue weighted by molar-refractivity contribution is -0.116. The molecular formula is C13H18N2O3S. The van der Waals surface area contributed by atoms with Crippen LogP contribution < -0.4 is 10.6 Å². The third-order valence-corrected chi connectivity index (χ3v) is 4.77. The molecule has 1 aromatic carbocycles. The first-order chi connectivity index (χ1) is 8.94. The Kier molecular flexibility index (Phi) is 4.21. The zero-order chi connectivity index (χ0) is 13.9. The number of carbonyl (C=O) groups excluding carboxylic acids is 1. The van der Waals surface area contributed by atoms with Gasteiger partial charge in [-0.15, -0.1) is 0 Å². The van der Waals surface area contributed by atoms with Crippen molar-refractivity contribution in [2.75, 3.05) is 23.4 Å².